The van der Waals surface area contributed by atoms with Crippen LogP contribution in [-0.2, 0) is 19.6 Å². The number of nitrogens with zero attached hydrogens (tertiary/aromatic N) is 1. The lowest BCUT2D eigenvalue weighted by Crippen LogP contribution is -2.46. The molecule has 1 unspecified atom stereocenters. The quantitative estimate of drug-likeness (QED) is 0.692. The number of nitrogens with two attached hydrogens (primary N) is 1. The highest BCUT2D eigenvalue weighted by atomic mass is 32.2. The van der Waals surface area contributed by atoms with Crippen molar-refractivity contribution in [3.8, 4) is 0 Å². The van der Waals surface area contributed by atoms with Crippen LogP contribution in [0.4, 0.5) is 0 Å². The van der Waals surface area contributed by atoms with Crippen LogP contribution in [-0.4, -0.2) is 48.6 Å². The van der Waals surface area contributed by atoms with E-state index in [1.807, 2.05) is 6.92 Å². The lowest BCUT2D eigenvalue weighted by molar-refractivity contribution is -0.150. The number of aliphatic carboxylic acids is 1. The minimum atomic E-state index is -3.65. The molecule has 0 aromatic rings. The minimum absolute atomic E-state index is 0.0383. The summed E-state index contributed by atoms with van der Waals surface area (Å²) in [5, 5.41) is 14.2. The molecule has 1 amide bonds. The second-order valence-corrected chi connectivity index (χ2v) is 6.77. The maximum atomic E-state index is 11.9. The van der Waals surface area contributed by atoms with Gasteiger partial charge in [-0.15, -0.1) is 0 Å². The molecule has 0 aromatic carbocycles. The van der Waals surface area contributed by atoms with Crippen molar-refractivity contribution < 1.29 is 23.1 Å². The van der Waals surface area contributed by atoms with Crippen LogP contribution in [0.1, 0.15) is 26.7 Å². The maximum absolute atomic E-state index is 11.9. The fourth-order valence-corrected chi connectivity index (χ4v) is 3.31. The SMILES string of the molecule is CC[C@H](C)[C@@H](C(=O)O)N1CC(CS(N)(=O)=O)CC1=O. The standard InChI is InChI=1S/C11H20N2O5S/c1-3-7(2)10(11(15)16)13-5-8(4-9(13)14)6-19(12,17)18/h7-8,10H,3-6H2,1-2H3,(H,15,16)(H2,12,17,18)/t7-,8?,10-/m0/s1. The first-order valence-corrected chi connectivity index (χ1v) is 7.90. The summed E-state index contributed by atoms with van der Waals surface area (Å²) in [5.41, 5.74) is 0. The summed E-state index contributed by atoms with van der Waals surface area (Å²) in [6, 6.07) is -0.900. The second-order valence-electron chi connectivity index (χ2n) is 5.11. The van der Waals surface area contributed by atoms with Crippen molar-refractivity contribution in [2.45, 2.75) is 32.7 Å². The fourth-order valence-electron chi connectivity index (χ4n) is 2.42. The molecule has 1 rings (SSSR count). The molecule has 3 N–H and O–H groups in total. The molecule has 3 atom stereocenters. The number of carbonyl (C=O) groups is 2. The fraction of sp³-hybridized carbons (Fsp3) is 0.818. The van der Waals surface area contributed by atoms with Gasteiger partial charge in [0, 0.05) is 18.9 Å². The number of hydrogen-bond donors (Lipinski definition) is 2. The zero-order chi connectivity index (χ0) is 14.8. The van der Waals surface area contributed by atoms with E-state index >= 15 is 0 Å². The maximum Gasteiger partial charge on any atom is 0.326 e. The molecular weight excluding hydrogens is 272 g/mol. The van der Waals surface area contributed by atoms with Gasteiger partial charge in [0.1, 0.15) is 6.04 Å². The van der Waals surface area contributed by atoms with Gasteiger partial charge in [0.2, 0.25) is 15.9 Å². The molecule has 0 bridgehead atoms. The Balaban J connectivity index is 2.84. The Morgan fingerprint density at radius 3 is 2.58 bits per heavy atom. The zero-order valence-corrected chi connectivity index (χ0v) is 11.9. The lowest BCUT2D eigenvalue weighted by Gasteiger charge is -2.29. The van der Waals surface area contributed by atoms with Crippen molar-refractivity contribution in [2.24, 2.45) is 17.0 Å². The first kappa shape index (κ1) is 15.9. The van der Waals surface area contributed by atoms with E-state index in [9.17, 15) is 23.1 Å². The lowest BCUT2D eigenvalue weighted by atomic mass is 9.98. The van der Waals surface area contributed by atoms with Gasteiger partial charge in [-0.3, -0.25) is 4.79 Å². The van der Waals surface area contributed by atoms with Gasteiger partial charge in [0.05, 0.1) is 5.75 Å². The molecule has 1 saturated heterocycles. The number of carbonyl (C=O) groups excluding carboxylic acids is 1. The van der Waals surface area contributed by atoms with E-state index in [0.717, 1.165) is 0 Å². The number of carboxylic acid groups (broad SMARTS) is 1. The topological polar surface area (TPSA) is 118 Å². The van der Waals surface area contributed by atoms with E-state index in [4.69, 9.17) is 5.14 Å². The summed E-state index contributed by atoms with van der Waals surface area (Å²) in [7, 11) is -3.65. The molecule has 8 heteroatoms. The third kappa shape index (κ3) is 4.17. The van der Waals surface area contributed by atoms with Crippen LogP contribution in [0, 0.1) is 11.8 Å². The number of hydrogen-bond acceptors (Lipinski definition) is 4. The van der Waals surface area contributed by atoms with Gasteiger partial charge in [-0.05, 0) is 5.92 Å². The van der Waals surface area contributed by atoms with Crippen LogP contribution in [0.3, 0.4) is 0 Å². The Labute approximate surface area is 112 Å². The molecule has 1 aliphatic rings. The van der Waals surface area contributed by atoms with E-state index in [-0.39, 0.29) is 30.5 Å². The van der Waals surface area contributed by atoms with Crippen molar-refractivity contribution in [3.63, 3.8) is 0 Å². The van der Waals surface area contributed by atoms with Crippen LogP contribution < -0.4 is 5.14 Å². The summed E-state index contributed by atoms with van der Waals surface area (Å²) in [6.07, 6.45) is 0.664. The van der Waals surface area contributed by atoms with Crippen LogP contribution in [0.5, 0.6) is 0 Å². The Morgan fingerprint density at radius 1 is 1.58 bits per heavy atom. The number of sulfonamides is 1. The highest BCUT2D eigenvalue weighted by Crippen LogP contribution is 2.25. The zero-order valence-electron chi connectivity index (χ0n) is 11.1. The van der Waals surface area contributed by atoms with Crippen molar-refractivity contribution in [2.75, 3.05) is 12.3 Å². The summed E-state index contributed by atoms with van der Waals surface area (Å²) < 4.78 is 22.1. The molecule has 7 nitrogen and oxygen atoms in total. The molecule has 19 heavy (non-hydrogen) atoms. The van der Waals surface area contributed by atoms with E-state index in [1.165, 1.54) is 4.90 Å². The Bertz CT molecular complexity index is 462. The highest BCUT2D eigenvalue weighted by molar-refractivity contribution is 7.89. The number of rotatable bonds is 6. The second kappa shape index (κ2) is 5.87. The normalized spacial score (nSPS) is 23.4. The number of primary sulfonamides is 1. The summed E-state index contributed by atoms with van der Waals surface area (Å²) >= 11 is 0. The van der Waals surface area contributed by atoms with Gasteiger partial charge in [-0.2, -0.15) is 0 Å². The number of amides is 1. The third-order valence-corrected chi connectivity index (χ3v) is 4.41. The minimum Gasteiger partial charge on any atom is -0.480 e. The predicted octanol–water partition coefficient (Wildman–Crippen LogP) is -0.377. The molecule has 0 saturated carbocycles. The Hall–Kier alpha value is -1.15. The molecule has 110 valence electrons. The molecule has 0 spiro atoms. The number of carboxylic acids is 1. The van der Waals surface area contributed by atoms with Gasteiger partial charge in [0.15, 0.2) is 0 Å². The molecule has 1 heterocycles. The molecule has 1 aliphatic heterocycles. The van der Waals surface area contributed by atoms with Crippen LogP contribution in [0.25, 0.3) is 0 Å². The predicted molar refractivity (Wildman–Crippen MR) is 68.7 cm³/mol. The summed E-state index contributed by atoms with van der Waals surface area (Å²) in [4.78, 5) is 24.4. The van der Waals surface area contributed by atoms with E-state index in [1.54, 1.807) is 6.92 Å². The van der Waals surface area contributed by atoms with Crippen LogP contribution >= 0.6 is 0 Å². The average molecular weight is 292 g/mol. The van der Waals surface area contributed by atoms with E-state index < -0.39 is 28.0 Å². The van der Waals surface area contributed by atoms with Gasteiger partial charge < -0.3 is 10.0 Å². The van der Waals surface area contributed by atoms with Crippen LogP contribution in [0.2, 0.25) is 0 Å². The van der Waals surface area contributed by atoms with E-state index in [2.05, 4.69) is 0 Å². The smallest absolute Gasteiger partial charge is 0.326 e. The van der Waals surface area contributed by atoms with Crippen LogP contribution in [0.15, 0.2) is 0 Å². The van der Waals surface area contributed by atoms with Crippen molar-refractivity contribution in [1.29, 1.82) is 0 Å². The van der Waals surface area contributed by atoms with Crippen molar-refractivity contribution in [1.82, 2.24) is 4.90 Å². The Morgan fingerprint density at radius 2 is 2.16 bits per heavy atom. The van der Waals surface area contributed by atoms with Crippen molar-refractivity contribution >= 4 is 21.9 Å². The summed E-state index contributed by atoms with van der Waals surface area (Å²) in [6.45, 7) is 3.75. The average Bonchev–Trinajstić information content (AvgIpc) is 2.56. The first-order valence-electron chi connectivity index (χ1n) is 6.18. The largest absolute Gasteiger partial charge is 0.480 e. The molecule has 0 radical (unpaired) electrons. The van der Waals surface area contributed by atoms with Crippen molar-refractivity contribution in [3.05, 3.63) is 0 Å². The third-order valence-electron chi connectivity index (χ3n) is 3.48. The summed E-state index contributed by atoms with van der Waals surface area (Å²) in [5.74, 6) is -2.27. The molecule has 1 fully saturated rings. The molecular formula is C11H20N2O5S. The first-order chi connectivity index (χ1) is 8.65. The molecule has 0 aromatic heterocycles. The van der Waals surface area contributed by atoms with Gasteiger partial charge in [0.25, 0.3) is 0 Å². The highest BCUT2D eigenvalue weighted by Gasteiger charge is 2.40. The monoisotopic (exact) mass is 292 g/mol. The molecule has 0 aliphatic carbocycles. The van der Waals surface area contributed by atoms with Gasteiger partial charge in [-0.25, -0.2) is 18.4 Å². The Kier molecular flexibility index (Phi) is 4.92. The van der Waals surface area contributed by atoms with E-state index in [0.29, 0.717) is 6.42 Å². The number of likely N-dealkylation sites (tertiary alicyclic amines) is 1. The van der Waals surface area contributed by atoms with Gasteiger partial charge in [-0.1, -0.05) is 20.3 Å². The van der Waals surface area contributed by atoms with Gasteiger partial charge >= 0.3 is 5.97 Å².